The van der Waals surface area contributed by atoms with Crippen LogP contribution in [0.3, 0.4) is 0 Å². The third-order valence-corrected chi connectivity index (χ3v) is 7.53. The van der Waals surface area contributed by atoms with Crippen molar-refractivity contribution in [1.29, 1.82) is 0 Å². The molecule has 3 aliphatic rings. The second kappa shape index (κ2) is 10.6. The number of likely N-dealkylation sites (tertiary alicyclic amines) is 2. The smallest absolute Gasteiger partial charge is 0.254 e. The first-order valence-electron chi connectivity index (χ1n) is 12.9. The summed E-state index contributed by atoms with van der Waals surface area (Å²) >= 11 is 0. The molecule has 0 spiro atoms. The van der Waals surface area contributed by atoms with Crippen LogP contribution in [0.4, 0.5) is 0 Å². The number of nitrogens with one attached hydrogen (secondary N) is 1. The summed E-state index contributed by atoms with van der Waals surface area (Å²) in [5, 5.41) is 3.05. The Kier molecular flexibility index (Phi) is 7.11. The molecule has 1 N–H and O–H groups in total. The average Bonchev–Trinajstić information content (AvgIpc) is 3.40. The Morgan fingerprint density at radius 2 is 1.61 bits per heavy atom. The maximum Gasteiger partial charge on any atom is 0.254 e. The lowest BCUT2D eigenvalue weighted by Crippen LogP contribution is -2.55. The third-order valence-electron chi connectivity index (χ3n) is 7.53. The second-order valence-corrected chi connectivity index (χ2v) is 9.85. The molecule has 0 radical (unpaired) electrons. The number of fused-ring (bicyclic) bond motifs is 1. The van der Waals surface area contributed by atoms with Crippen LogP contribution in [0.1, 0.15) is 58.4 Å². The van der Waals surface area contributed by atoms with Gasteiger partial charge >= 0.3 is 0 Å². The summed E-state index contributed by atoms with van der Waals surface area (Å²) in [6.45, 7) is 4.64. The fraction of sp³-hybridized carbons (Fsp3) is 0.464. The Balaban J connectivity index is 1.30. The van der Waals surface area contributed by atoms with Gasteiger partial charge < -0.3 is 24.6 Å². The molecule has 190 valence electrons. The minimum Gasteiger partial charge on any atom is -0.454 e. The molecule has 36 heavy (non-hydrogen) atoms. The summed E-state index contributed by atoms with van der Waals surface area (Å²) in [5.41, 5.74) is 2.11. The Bertz CT molecular complexity index is 1140. The monoisotopic (exact) mass is 491 g/mol. The highest BCUT2D eigenvalue weighted by Crippen LogP contribution is 2.33. The van der Waals surface area contributed by atoms with Crippen molar-refractivity contribution in [3.63, 3.8) is 0 Å². The van der Waals surface area contributed by atoms with E-state index >= 15 is 0 Å². The van der Waals surface area contributed by atoms with Crippen LogP contribution < -0.4 is 14.8 Å². The minimum atomic E-state index is -0.628. The Labute approximate surface area is 211 Å². The molecule has 2 aromatic rings. The molecule has 2 aromatic carbocycles. The van der Waals surface area contributed by atoms with E-state index < -0.39 is 6.04 Å². The van der Waals surface area contributed by atoms with E-state index in [-0.39, 0.29) is 30.4 Å². The number of rotatable bonds is 5. The number of ether oxygens (including phenoxy) is 2. The van der Waals surface area contributed by atoms with E-state index in [2.05, 4.69) is 5.32 Å². The lowest BCUT2D eigenvalue weighted by molar-refractivity contribution is -0.136. The van der Waals surface area contributed by atoms with Gasteiger partial charge in [-0.3, -0.25) is 14.4 Å². The molecule has 0 bridgehead atoms. The first-order valence-corrected chi connectivity index (χ1v) is 12.9. The lowest BCUT2D eigenvalue weighted by Gasteiger charge is -2.38. The first kappa shape index (κ1) is 24.2. The van der Waals surface area contributed by atoms with E-state index in [0.717, 1.165) is 37.9 Å². The molecule has 8 heteroatoms. The van der Waals surface area contributed by atoms with Gasteiger partial charge in [0.05, 0.1) is 0 Å². The second-order valence-electron chi connectivity index (χ2n) is 9.85. The van der Waals surface area contributed by atoms with Crippen LogP contribution in [0.2, 0.25) is 0 Å². The maximum atomic E-state index is 13.6. The van der Waals surface area contributed by atoms with Crippen molar-refractivity contribution in [2.75, 3.05) is 33.0 Å². The van der Waals surface area contributed by atoms with Gasteiger partial charge in [0.2, 0.25) is 12.7 Å². The summed E-state index contributed by atoms with van der Waals surface area (Å²) in [5.74, 6) is 0.797. The van der Waals surface area contributed by atoms with Gasteiger partial charge in [0.25, 0.3) is 11.8 Å². The highest BCUT2D eigenvalue weighted by Gasteiger charge is 2.37. The topological polar surface area (TPSA) is 88.2 Å². The molecule has 2 fully saturated rings. The Hall–Kier alpha value is -3.55. The number of carbonyl (C=O) groups is 3. The van der Waals surface area contributed by atoms with Crippen molar-refractivity contribution in [3.8, 4) is 11.5 Å². The van der Waals surface area contributed by atoms with Crippen LogP contribution in [-0.4, -0.2) is 66.5 Å². The average molecular weight is 492 g/mol. The molecule has 3 aliphatic heterocycles. The first-order chi connectivity index (χ1) is 17.5. The molecule has 3 heterocycles. The SMILES string of the molecule is Cc1ccccc1C(=O)N1CCC(C(NC(=O)c2ccc3c(c2)OCO3)C(=O)N2CCCCC2)CC1. The number of nitrogens with zero attached hydrogens (tertiary/aromatic N) is 2. The molecule has 1 unspecified atom stereocenters. The third kappa shape index (κ3) is 5.03. The summed E-state index contributed by atoms with van der Waals surface area (Å²) < 4.78 is 10.8. The van der Waals surface area contributed by atoms with Crippen LogP contribution in [-0.2, 0) is 4.79 Å². The molecular weight excluding hydrogens is 458 g/mol. The van der Waals surface area contributed by atoms with E-state index in [1.807, 2.05) is 41.0 Å². The molecule has 1 atom stereocenters. The highest BCUT2D eigenvalue weighted by molar-refractivity contribution is 5.98. The Morgan fingerprint density at radius 3 is 2.36 bits per heavy atom. The number of piperidine rings is 2. The molecule has 3 amide bonds. The van der Waals surface area contributed by atoms with Crippen molar-refractivity contribution in [2.45, 2.75) is 45.1 Å². The quantitative estimate of drug-likeness (QED) is 0.693. The summed E-state index contributed by atoms with van der Waals surface area (Å²) in [4.78, 5) is 43.7. The zero-order chi connectivity index (χ0) is 25.1. The van der Waals surface area contributed by atoms with E-state index in [1.165, 1.54) is 0 Å². The van der Waals surface area contributed by atoms with Gasteiger partial charge in [-0.1, -0.05) is 18.2 Å². The van der Waals surface area contributed by atoms with Gasteiger partial charge in [-0.2, -0.15) is 0 Å². The standard InChI is InChI=1S/C28H33N3O5/c1-19-7-3-4-8-22(19)27(33)31-15-11-20(12-16-31)25(28(34)30-13-5-2-6-14-30)29-26(32)21-9-10-23-24(17-21)36-18-35-23/h3-4,7-10,17,20,25H,2,5-6,11-16,18H2,1H3,(H,29,32). The van der Waals surface area contributed by atoms with E-state index in [0.29, 0.717) is 48.6 Å². The minimum absolute atomic E-state index is 0.0209. The van der Waals surface area contributed by atoms with Crippen molar-refractivity contribution in [1.82, 2.24) is 15.1 Å². The zero-order valence-electron chi connectivity index (χ0n) is 20.7. The van der Waals surface area contributed by atoms with Gasteiger partial charge in [-0.15, -0.1) is 0 Å². The van der Waals surface area contributed by atoms with Crippen LogP contribution >= 0.6 is 0 Å². The molecule has 0 saturated carbocycles. The predicted molar refractivity (Wildman–Crippen MR) is 134 cm³/mol. The number of hydrogen-bond donors (Lipinski definition) is 1. The van der Waals surface area contributed by atoms with Crippen LogP contribution in [0, 0.1) is 12.8 Å². The van der Waals surface area contributed by atoms with Gasteiger partial charge in [0.1, 0.15) is 6.04 Å². The number of carbonyl (C=O) groups excluding carboxylic acids is 3. The van der Waals surface area contributed by atoms with Gasteiger partial charge in [-0.05, 0) is 74.8 Å². The molecular formula is C28H33N3O5. The van der Waals surface area contributed by atoms with Crippen LogP contribution in [0.25, 0.3) is 0 Å². The molecule has 2 saturated heterocycles. The number of hydrogen-bond acceptors (Lipinski definition) is 5. The largest absolute Gasteiger partial charge is 0.454 e. The van der Waals surface area contributed by atoms with E-state index in [9.17, 15) is 14.4 Å². The number of benzene rings is 2. The highest BCUT2D eigenvalue weighted by atomic mass is 16.7. The van der Waals surface area contributed by atoms with Crippen molar-refractivity contribution in [3.05, 3.63) is 59.2 Å². The van der Waals surface area contributed by atoms with Gasteiger partial charge in [-0.25, -0.2) is 0 Å². The van der Waals surface area contributed by atoms with E-state index in [1.54, 1.807) is 18.2 Å². The van der Waals surface area contributed by atoms with Gasteiger partial charge in [0.15, 0.2) is 11.5 Å². The van der Waals surface area contributed by atoms with E-state index in [4.69, 9.17) is 9.47 Å². The number of aryl methyl sites for hydroxylation is 1. The zero-order valence-corrected chi connectivity index (χ0v) is 20.7. The molecule has 0 aromatic heterocycles. The van der Waals surface area contributed by atoms with Crippen LogP contribution in [0.15, 0.2) is 42.5 Å². The van der Waals surface area contributed by atoms with Crippen molar-refractivity contribution < 1.29 is 23.9 Å². The summed E-state index contributed by atoms with van der Waals surface area (Å²) in [6.07, 6.45) is 4.40. The van der Waals surface area contributed by atoms with Gasteiger partial charge in [0, 0.05) is 37.3 Å². The number of amides is 3. The molecule has 5 rings (SSSR count). The lowest BCUT2D eigenvalue weighted by atomic mass is 9.87. The fourth-order valence-electron chi connectivity index (χ4n) is 5.37. The fourth-order valence-corrected chi connectivity index (χ4v) is 5.37. The van der Waals surface area contributed by atoms with Crippen molar-refractivity contribution in [2.24, 2.45) is 5.92 Å². The predicted octanol–water partition coefficient (Wildman–Crippen LogP) is 3.39. The maximum absolute atomic E-state index is 13.6. The summed E-state index contributed by atoms with van der Waals surface area (Å²) in [6, 6.07) is 12.0. The molecule has 8 nitrogen and oxygen atoms in total. The normalized spacial score (nSPS) is 18.6. The summed E-state index contributed by atoms with van der Waals surface area (Å²) in [7, 11) is 0. The molecule has 0 aliphatic carbocycles. The van der Waals surface area contributed by atoms with Crippen LogP contribution in [0.5, 0.6) is 11.5 Å². The van der Waals surface area contributed by atoms with Crippen molar-refractivity contribution >= 4 is 17.7 Å². The Morgan fingerprint density at radius 1 is 0.889 bits per heavy atom.